The molecule has 0 aliphatic heterocycles. The van der Waals surface area contributed by atoms with E-state index in [9.17, 15) is 0 Å². The Labute approximate surface area is 131 Å². The Balaban J connectivity index is 1.73. The monoisotopic (exact) mass is 349 g/mol. The first kappa shape index (κ1) is 13.9. The van der Waals surface area contributed by atoms with Crippen molar-refractivity contribution in [2.24, 2.45) is 0 Å². The van der Waals surface area contributed by atoms with Gasteiger partial charge in [0.25, 0.3) is 0 Å². The molecule has 0 saturated heterocycles. The first-order chi connectivity index (χ1) is 9.78. The smallest absolute Gasteiger partial charge is 0.191 e. The van der Waals surface area contributed by atoms with Crippen molar-refractivity contribution in [2.75, 3.05) is 0 Å². The predicted molar refractivity (Wildman–Crippen MR) is 85.9 cm³/mol. The molecule has 1 aromatic carbocycles. The Kier molecular flexibility index (Phi) is 4.27. The van der Waals surface area contributed by atoms with Crippen molar-refractivity contribution >= 4 is 27.7 Å². The number of rotatable bonds is 6. The molecule has 1 saturated carbocycles. The summed E-state index contributed by atoms with van der Waals surface area (Å²) < 4.78 is 3.31. The molecule has 3 rings (SSSR count). The van der Waals surface area contributed by atoms with Crippen molar-refractivity contribution < 1.29 is 0 Å². The number of allylic oxidation sites excluding steroid dienone is 1. The molecular formula is C15H16BrN3S. The van der Waals surface area contributed by atoms with Crippen LogP contribution in [0.3, 0.4) is 0 Å². The maximum Gasteiger partial charge on any atom is 0.191 e. The summed E-state index contributed by atoms with van der Waals surface area (Å²) in [5.74, 6) is 2.65. The van der Waals surface area contributed by atoms with Crippen LogP contribution in [-0.2, 0) is 12.3 Å². The third kappa shape index (κ3) is 3.15. The Hall–Kier alpha value is -1.07. The predicted octanol–water partition coefficient (Wildman–Crippen LogP) is 4.40. The highest BCUT2D eigenvalue weighted by Crippen LogP contribution is 2.40. The molecule has 104 valence electrons. The summed E-state index contributed by atoms with van der Waals surface area (Å²) in [6.45, 7) is 4.63. The molecule has 2 aromatic rings. The number of halogens is 1. The lowest BCUT2D eigenvalue weighted by molar-refractivity contribution is 0.681. The average molecular weight is 350 g/mol. The van der Waals surface area contributed by atoms with E-state index < -0.39 is 0 Å². The van der Waals surface area contributed by atoms with Gasteiger partial charge in [0, 0.05) is 22.7 Å². The van der Waals surface area contributed by atoms with E-state index in [0.717, 1.165) is 27.8 Å². The van der Waals surface area contributed by atoms with Gasteiger partial charge in [-0.05, 0) is 30.5 Å². The van der Waals surface area contributed by atoms with Crippen molar-refractivity contribution in [3.05, 3.63) is 52.8 Å². The summed E-state index contributed by atoms with van der Waals surface area (Å²) in [6.07, 6.45) is 4.40. The molecule has 0 amide bonds. The molecule has 5 heteroatoms. The average Bonchev–Trinajstić information content (AvgIpc) is 3.22. The standard InChI is InChI=1S/C15H16BrN3S/c1-2-9-19-14(12-5-6-12)17-18-15(19)20-10-11-3-7-13(16)8-4-11/h2-4,7-8,12H,1,5-6,9-10H2. The molecule has 0 unspecified atom stereocenters. The highest BCUT2D eigenvalue weighted by molar-refractivity contribution is 9.10. The van der Waals surface area contributed by atoms with Gasteiger partial charge in [-0.3, -0.25) is 0 Å². The molecule has 20 heavy (non-hydrogen) atoms. The minimum Gasteiger partial charge on any atom is -0.302 e. The van der Waals surface area contributed by atoms with Gasteiger partial charge in [-0.15, -0.1) is 16.8 Å². The Bertz CT molecular complexity index is 602. The lowest BCUT2D eigenvalue weighted by Crippen LogP contribution is -2.02. The van der Waals surface area contributed by atoms with Crippen LogP contribution < -0.4 is 0 Å². The normalized spacial score (nSPS) is 14.4. The first-order valence-corrected chi connectivity index (χ1v) is 8.47. The van der Waals surface area contributed by atoms with Crippen LogP contribution in [0.25, 0.3) is 0 Å². The largest absolute Gasteiger partial charge is 0.302 e. The minimum absolute atomic E-state index is 0.615. The zero-order valence-electron chi connectivity index (χ0n) is 11.1. The molecular weight excluding hydrogens is 334 g/mol. The fourth-order valence-electron chi connectivity index (χ4n) is 2.08. The second kappa shape index (κ2) is 6.14. The number of hydrogen-bond donors (Lipinski definition) is 0. The summed E-state index contributed by atoms with van der Waals surface area (Å²) in [5, 5.41) is 9.70. The van der Waals surface area contributed by atoms with Gasteiger partial charge < -0.3 is 4.57 Å². The van der Waals surface area contributed by atoms with Gasteiger partial charge in [0.1, 0.15) is 5.82 Å². The molecule has 3 nitrogen and oxygen atoms in total. The number of benzene rings is 1. The maximum absolute atomic E-state index is 4.36. The third-order valence-electron chi connectivity index (χ3n) is 3.28. The number of nitrogens with zero attached hydrogens (tertiary/aromatic N) is 3. The van der Waals surface area contributed by atoms with Crippen LogP contribution in [0.15, 0.2) is 46.5 Å². The quantitative estimate of drug-likeness (QED) is 0.572. The van der Waals surface area contributed by atoms with Crippen LogP contribution in [0.5, 0.6) is 0 Å². The molecule has 1 aliphatic rings. The summed E-state index contributed by atoms with van der Waals surface area (Å²) in [7, 11) is 0. The van der Waals surface area contributed by atoms with E-state index in [0.29, 0.717) is 5.92 Å². The summed E-state index contributed by atoms with van der Waals surface area (Å²) in [5.41, 5.74) is 1.29. The van der Waals surface area contributed by atoms with E-state index >= 15 is 0 Å². The summed E-state index contributed by atoms with van der Waals surface area (Å²) in [6, 6.07) is 8.40. The third-order valence-corrected chi connectivity index (χ3v) is 4.85. The highest BCUT2D eigenvalue weighted by Gasteiger charge is 2.30. The van der Waals surface area contributed by atoms with Crippen LogP contribution in [0.1, 0.15) is 30.1 Å². The van der Waals surface area contributed by atoms with Gasteiger partial charge in [-0.2, -0.15) is 0 Å². The van der Waals surface area contributed by atoms with Gasteiger partial charge in [0.05, 0.1) is 0 Å². The van der Waals surface area contributed by atoms with Crippen molar-refractivity contribution in [2.45, 2.75) is 36.2 Å². The van der Waals surface area contributed by atoms with Crippen molar-refractivity contribution in [1.29, 1.82) is 0 Å². The Morgan fingerprint density at radius 2 is 2.05 bits per heavy atom. The van der Waals surface area contributed by atoms with Gasteiger partial charge in [0.2, 0.25) is 0 Å². The van der Waals surface area contributed by atoms with E-state index in [1.807, 2.05) is 6.08 Å². The van der Waals surface area contributed by atoms with E-state index in [1.165, 1.54) is 18.4 Å². The lowest BCUT2D eigenvalue weighted by Gasteiger charge is -2.07. The number of thioether (sulfide) groups is 1. The van der Waals surface area contributed by atoms with Crippen LogP contribution in [-0.4, -0.2) is 14.8 Å². The van der Waals surface area contributed by atoms with Gasteiger partial charge in [0.15, 0.2) is 5.16 Å². The molecule has 0 spiro atoms. The highest BCUT2D eigenvalue weighted by atomic mass is 79.9. The van der Waals surface area contributed by atoms with Crippen LogP contribution in [0, 0.1) is 0 Å². The summed E-state index contributed by atoms with van der Waals surface area (Å²) >= 11 is 5.19. The molecule has 0 atom stereocenters. The van der Waals surface area contributed by atoms with Crippen LogP contribution >= 0.6 is 27.7 Å². The molecule has 0 bridgehead atoms. The lowest BCUT2D eigenvalue weighted by atomic mass is 10.2. The van der Waals surface area contributed by atoms with Gasteiger partial charge in [-0.1, -0.05) is 45.9 Å². The second-order valence-electron chi connectivity index (χ2n) is 4.93. The Morgan fingerprint density at radius 3 is 2.70 bits per heavy atom. The Morgan fingerprint density at radius 1 is 1.30 bits per heavy atom. The fourth-order valence-corrected chi connectivity index (χ4v) is 3.25. The fraction of sp³-hybridized carbons (Fsp3) is 0.333. The van der Waals surface area contributed by atoms with E-state index in [2.05, 4.69) is 61.5 Å². The van der Waals surface area contributed by atoms with Crippen LogP contribution in [0.4, 0.5) is 0 Å². The van der Waals surface area contributed by atoms with E-state index in [-0.39, 0.29) is 0 Å². The van der Waals surface area contributed by atoms with E-state index in [4.69, 9.17) is 0 Å². The van der Waals surface area contributed by atoms with Gasteiger partial charge in [-0.25, -0.2) is 0 Å². The summed E-state index contributed by atoms with van der Waals surface area (Å²) in [4.78, 5) is 0. The zero-order chi connectivity index (χ0) is 13.9. The topological polar surface area (TPSA) is 30.7 Å². The zero-order valence-corrected chi connectivity index (χ0v) is 13.5. The second-order valence-corrected chi connectivity index (χ2v) is 6.79. The maximum atomic E-state index is 4.36. The molecule has 1 fully saturated rings. The number of hydrogen-bond acceptors (Lipinski definition) is 3. The van der Waals surface area contributed by atoms with Crippen molar-refractivity contribution in [3.63, 3.8) is 0 Å². The van der Waals surface area contributed by atoms with Crippen LogP contribution in [0.2, 0.25) is 0 Å². The molecule has 0 N–H and O–H groups in total. The molecule has 1 aromatic heterocycles. The first-order valence-electron chi connectivity index (χ1n) is 6.69. The van der Waals surface area contributed by atoms with Gasteiger partial charge >= 0.3 is 0 Å². The molecule has 0 radical (unpaired) electrons. The SMILES string of the molecule is C=CCn1c(SCc2ccc(Br)cc2)nnc1C1CC1. The minimum atomic E-state index is 0.615. The van der Waals surface area contributed by atoms with Crippen molar-refractivity contribution in [3.8, 4) is 0 Å². The molecule has 1 heterocycles. The van der Waals surface area contributed by atoms with Crippen molar-refractivity contribution in [1.82, 2.24) is 14.8 Å². The number of aromatic nitrogens is 3. The van der Waals surface area contributed by atoms with E-state index in [1.54, 1.807) is 11.8 Å². The molecule has 1 aliphatic carbocycles.